The molecule has 0 aliphatic heterocycles. The number of nitrogens with one attached hydrogen (secondary N) is 2. The number of carbonyl (C=O) groups is 1. The van der Waals surface area contributed by atoms with Crippen LogP contribution in [-0.4, -0.2) is 45.7 Å². The second-order valence-electron chi connectivity index (χ2n) is 7.96. The van der Waals surface area contributed by atoms with E-state index in [1.807, 2.05) is 6.07 Å². The Hall–Kier alpha value is -3.72. The molecule has 0 radical (unpaired) electrons. The van der Waals surface area contributed by atoms with E-state index in [1.54, 1.807) is 44.6 Å². The Morgan fingerprint density at radius 1 is 1.25 bits per heavy atom. The quantitative estimate of drug-likeness (QED) is 0.404. The molecule has 3 heterocycles. The van der Waals surface area contributed by atoms with E-state index in [9.17, 15) is 9.90 Å². The van der Waals surface area contributed by atoms with Crippen molar-refractivity contribution in [1.82, 2.24) is 15.0 Å². The van der Waals surface area contributed by atoms with Gasteiger partial charge in [-0.3, -0.25) is 4.79 Å². The highest BCUT2D eigenvalue weighted by Crippen LogP contribution is 2.35. The minimum Gasteiger partial charge on any atom is -0.491 e. The van der Waals surface area contributed by atoms with Crippen LogP contribution in [0.4, 0.5) is 11.6 Å². The molecule has 4 aromatic rings. The van der Waals surface area contributed by atoms with Crippen molar-refractivity contribution in [2.45, 2.75) is 25.9 Å². The summed E-state index contributed by atoms with van der Waals surface area (Å²) >= 11 is 0. The van der Waals surface area contributed by atoms with Gasteiger partial charge >= 0.3 is 0 Å². The van der Waals surface area contributed by atoms with Gasteiger partial charge in [0.1, 0.15) is 29.5 Å². The molecular formula is C23H23N5O4. The van der Waals surface area contributed by atoms with E-state index in [4.69, 9.17) is 9.15 Å². The van der Waals surface area contributed by atoms with Crippen molar-refractivity contribution >= 4 is 39.4 Å². The van der Waals surface area contributed by atoms with Gasteiger partial charge in [0.25, 0.3) is 0 Å². The summed E-state index contributed by atoms with van der Waals surface area (Å²) in [5.74, 6) is 2.22. The molecule has 0 saturated heterocycles. The van der Waals surface area contributed by atoms with Crippen molar-refractivity contribution in [3.05, 3.63) is 36.7 Å². The minimum atomic E-state index is -0.565. The van der Waals surface area contributed by atoms with Crippen molar-refractivity contribution in [1.29, 1.82) is 0 Å². The summed E-state index contributed by atoms with van der Waals surface area (Å²) in [4.78, 5) is 25.7. The predicted octanol–water partition coefficient (Wildman–Crippen LogP) is 3.59. The summed E-state index contributed by atoms with van der Waals surface area (Å²) < 4.78 is 11.6. The molecule has 1 fully saturated rings. The topological polar surface area (TPSA) is 122 Å². The Balaban J connectivity index is 1.55. The molecule has 1 saturated carbocycles. The Morgan fingerprint density at radius 2 is 2.09 bits per heavy atom. The Morgan fingerprint density at radius 3 is 2.84 bits per heavy atom. The first-order chi connectivity index (χ1) is 15.5. The zero-order valence-corrected chi connectivity index (χ0v) is 17.8. The number of hydrogen-bond donors (Lipinski definition) is 3. The first-order valence-corrected chi connectivity index (χ1v) is 10.5. The van der Waals surface area contributed by atoms with Crippen LogP contribution in [-0.2, 0) is 4.79 Å². The molecule has 1 aliphatic rings. The van der Waals surface area contributed by atoms with E-state index in [1.165, 1.54) is 0 Å². The highest BCUT2D eigenvalue weighted by Gasteiger charge is 2.30. The van der Waals surface area contributed by atoms with Gasteiger partial charge in [0.2, 0.25) is 11.8 Å². The van der Waals surface area contributed by atoms with Gasteiger partial charge in [-0.2, -0.15) is 0 Å². The van der Waals surface area contributed by atoms with E-state index in [0.717, 1.165) is 23.6 Å². The number of rotatable bonds is 7. The average molecular weight is 433 g/mol. The molecule has 3 aromatic heterocycles. The van der Waals surface area contributed by atoms with Crippen molar-refractivity contribution in [3.8, 4) is 17.2 Å². The number of oxazole rings is 1. The number of aliphatic hydroxyl groups excluding tert-OH is 1. The molecule has 9 nitrogen and oxygen atoms in total. The minimum absolute atomic E-state index is 0.00659. The standard InChI is InChI=1S/C23H23N5O4/c1-12(29)11-31-14-5-6-19-18(7-14)27-23(32-19)17-10-26-21(24-2)16-9-25-20(8-15(16)17)28-22(30)13-3-4-13/h5-10,12-13,29H,3-4,11H2,1-2H3,(H,24,26)(H,25,28,30)/t12-/m1/s1. The van der Waals surface area contributed by atoms with Gasteiger partial charge in [-0.15, -0.1) is 0 Å². The zero-order valence-electron chi connectivity index (χ0n) is 17.8. The maximum Gasteiger partial charge on any atom is 0.229 e. The molecular weight excluding hydrogens is 410 g/mol. The summed E-state index contributed by atoms with van der Waals surface area (Å²) in [5.41, 5.74) is 1.92. The molecule has 3 N–H and O–H groups in total. The van der Waals surface area contributed by atoms with Gasteiger partial charge < -0.3 is 24.9 Å². The third-order valence-corrected chi connectivity index (χ3v) is 5.29. The van der Waals surface area contributed by atoms with E-state index in [2.05, 4.69) is 25.6 Å². The van der Waals surface area contributed by atoms with Crippen LogP contribution >= 0.6 is 0 Å². The molecule has 1 aromatic carbocycles. The number of hydrogen-bond acceptors (Lipinski definition) is 8. The van der Waals surface area contributed by atoms with E-state index in [-0.39, 0.29) is 18.4 Å². The van der Waals surface area contributed by atoms with Crippen LogP contribution < -0.4 is 15.4 Å². The lowest BCUT2D eigenvalue weighted by Gasteiger charge is -2.10. The second-order valence-corrected chi connectivity index (χ2v) is 7.96. The lowest BCUT2D eigenvalue weighted by Crippen LogP contribution is -2.14. The molecule has 9 heteroatoms. The third kappa shape index (κ3) is 3.94. The molecule has 164 valence electrons. The number of anilines is 2. The number of benzene rings is 1. The maximum absolute atomic E-state index is 12.2. The van der Waals surface area contributed by atoms with Gasteiger partial charge in [0.05, 0.1) is 11.7 Å². The van der Waals surface area contributed by atoms with Crippen LogP contribution in [0, 0.1) is 5.92 Å². The maximum atomic E-state index is 12.2. The summed E-state index contributed by atoms with van der Waals surface area (Å²) in [7, 11) is 1.79. The van der Waals surface area contributed by atoms with Gasteiger partial charge in [-0.1, -0.05) is 0 Å². The van der Waals surface area contributed by atoms with Crippen molar-refractivity contribution in [3.63, 3.8) is 0 Å². The summed E-state index contributed by atoms with van der Waals surface area (Å²) in [6.07, 6.45) is 4.65. The second kappa shape index (κ2) is 8.08. The summed E-state index contributed by atoms with van der Waals surface area (Å²) in [5, 5.41) is 17.0. The van der Waals surface area contributed by atoms with E-state index >= 15 is 0 Å². The van der Waals surface area contributed by atoms with Crippen LogP contribution in [0.1, 0.15) is 19.8 Å². The van der Waals surface area contributed by atoms with Gasteiger partial charge in [0, 0.05) is 42.2 Å². The van der Waals surface area contributed by atoms with Crippen LogP contribution in [0.5, 0.6) is 5.75 Å². The SMILES string of the molecule is CNc1ncc(-c2nc3cc(OC[C@@H](C)O)ccc3o2)c2cc(NC(=O)C3CC3)ncc12. The van der Waals surface area contributed by atoms with Gasteiger partial charge in [0.15, 0.2) is 5.58 Å². The van der Waals surface area contributed by atoms with Crippen molar-refractivity contribution in [2.75, 3.05) is 24.3 Å². The molecule has 32 heavy (non-hydrogen) atoms. The van der Waals surface area contributed by atoms with E-state index in [0.29, 0.717) is 39.9 Å². The first-order valence-electron chi connectivity index (χ1n) is 10.5. The Bertz CT molecular complexity index is 1310. The predicted molar refractivity (Wildman–Crippen MR) is 121 cm³/mol. The highest BCUT2D eigenvalue weighted by atomic mass is 16.5. The Labute approximate surface area is 183 Å². The largest absolute Gasteiger partial charge is 0.491 e. The van der Waals surface area contributed by atoms with Gasteiger partial charge in [-0.25, -0.2) is 15.0 Å². The summed E-state index contributed by atoms with van der Waals surface area (Å²) in [6.45, 7) is 1.86. The van der Waals surface area contributed by atoms with Crippen LogP contribution in [0.3, 0.4) is 0 Å². The molecule has 0 unspecified atom stereocenters. The molecule has 1 aliphatic carbocycles. The molecule has 1 amide bonds. The fraction of sp³-hybridized carbons (Fsp3) is 0.304. The van der Waals surface area contributed by atoms with Crippen LogP contribution in [0.15, 0.2) is 41.1 Å². The number of aromatic nitrogens is 3. The lowest BCUT2D eigenvalue weighted by atomic mass is 10.1. The average Bonchev–Trinajstić information content (AvgIpc) is 3.56. The normalized spacial score (nSPS) is 14.5. The zero-order chi connectivity index (χ0) is 22.2. The smallest absolute Gasteiger partial charge is 0.229 e. The monoisotopic (exact) mass is 433 g/mol. The molecule has 0 spiro atoms. The summed E-state index contributed by atoms with van der Waals surface area (Å²) in [6, 6.07) is 7.14. The highest BCUT2D eigenvalue weighted by molar-refractivity contribution is 6.03. The first kappa shape index (κ1) is 20.2. The number of pyridine rings is 2. The fourth-order valence-electron chi connectivity index (χ4n) is 3.48. The molecule has 0 bridgehead atoms. The fourth-order valence-corrected chi connectivity index (χ4v) is 3.48. The van der Waals surface area contributed by atoms with E-state index < -0.39 is 6.10 Å². The number of amides is 1. The molecule has 5 rings (SSSR count). The van der Waals surface area contributed by atoms with Crippen LogP contribution in [0.25, 0.3) is 33.3 Å². The number of carbonyl (C=O) groups excluding carboxylic acids is 1. The molecule has 1 atom stereocenters. The lowest BCUT2D eigenvalue weighted by molar-refractivity contribution is -0.117. The Kier molecular flexibility index (Phi) is 5.10. The van der Waals surface area contributed by atoms with Crippen molar-refractivity contribution < 1.29 is 19.1 Å². The van der Waals surface area contributed by atoms with Crippen LogP contribution in [0.2, 0.25) is 0 Å². The third-order valence-electron chi connectivity index (χ3n) is 5.29. The van der Waals surface area contributed by atoms with Crippen molar-refractivity contribution in [2.24, 2.45) is 5.92 Å². The number of aliphatic hydroxyl groups is 1. The number of ether oxygens (including phenoxy) is 1. The number of fused-ring (bicyclic) bond motifs is 2. The van der Waals surface area contributed by atoms with Gasteiger partial charge in [-0.05, 0) is 38.0 Å². The number of nitrogens with zero attached hydrogens (tertiary/aromatic N) is 3.